The zero-order chi connectivity index (χ0) is 16.5. The summed E-state index contributed by atoms with van der Waals surface area (Å²) in [7, 11) is 0. The van der Waals surface area contributed by atoms with Gasteiger partial charge in [0.25, 0.3) is 0 Å². The van der Waals surface area contributed by atoms with E-state index in [9.17, 15) is 14.4 Å². The summed E-state index contributed by atoms with van der Waals surface area (Å²) in [4.78, 5) is 33.9. The molecule has 0 heterocycles. The van der Waals surface area contributed by atoms with Crippen molar-refractivity contribution in [2.24, 2.45) is 5.92 Å². The van der Waals surface area contributed by atoms with E-state index in [-0.39, 0.29) is 31.0 Å². The van der Waals surface area contributed by atoms with Crippen LogP contribution in [0.4, 0.5) is 4.79 Å². The predicted molar refractivity (Wildman–Crippen MR) is 79.9 cm³/mol. The average molecular weight is 301 g/mol. The number of carbonyl (C=O) groups excluding carboxylic acids is 2. The maximum atomic E-state index is 11.5. The van der Waals surface area contributed by atoms with Gasteiger partial charge in [0.05, 0.1) is 5.92 Å². The lowest BCUT2D eigenvalue weighted by Crippen LogP contribution is -2.44. The maximum absolute atomic E-state index is 11.5. The van der Waals surface area contributed by atoms with Crippen LogP contribution in [0.2, 0.25) is 0 Å². The van der Waals surface area contributed by atoms with E-state index in [1.807, 2.05) is 27.7 Å². The summed E-state index contributed by atoms with van der Waals surface area (Å²) in [6.07, 6.45) is 1.44. The lowest BCUT2D eigenvalue weighted by Gasteiger charge is -2.20. The number of carboxylic acid groups (broad SMARTS) is 1. The molecule has 0 radical (unpaired) electrons. The lowest BCUT2D eigenvalue weighted by molar-refractivity contribution is -0.141. The molecular weight excluding hydrogens is 274 g/mol. The highest BCUT2D eigenvalue weighted by Gasteiger charge is 2.17. The highest BCUT2D eigenvalue weighted by Crippen LogP contribution is 2.04. The molecule has 0 aromatic heterocycles. The van der Waals surface area contributed by atoms with Crippen LogP contribution < -0.4 is 16.0 Å². The predicted octanol–water partition coefficient (Wildman–Crippen LogP) is 1.09. The molecule has 7 nitrogen and oxygen atoms in total. The minimum atomic E-state index is -0.915. The van der Waals surface area contributed by atoms with E-state index in [1.165, 1.54) is 0 Å². The number of hydrogen-bond donors (Lipinski definition) is 4. The number of carboxylic acids is 1. The van der Waals surface area contributed by atoms with E-state index in [0.717, 1.165) is 6.42 Å². The number of rotatable bonds is 8. The minimum Gasteiger partial charge on any atom is -0.481 e. The summed E-state index contributed by atoms with van der Waals surface area (Å²) < 4.78 is 0. The van der Waals surface area contributed by atoms with Crippen molar-refractivity contribution in [2.45, 2.75) is 52.5 Å². The Bertz CT molecular complexity index is 364. The lowest BCUT2D eigenvalue weighted by atomic mass is 10.0. The number of urea groups is 1. The molecule has 4 N–H and O–H groups in total. The standard InChI is InChI=1S/C14H27N3O4/c1-5-6-10(12(19)20)9-16-13(21)15-8-7-11(18)17-14(2,3)4/h10H,5-9H2,1-4H3,(H,17,18)(H,19,20)(H2,15,16,21). The molecular formula is C14H27N3O4. The van der Waals surface area contributed by atoms with Crippen molar-refractivity contribution in [3.63, 3.8) is 0 Å². The van der Waals surface area contributed by atoms with E-state index < -0.39 is 17.9 Å². The van der Waals surface area contributed by atoms with Gasteiger partial charge in [-0.05, 0) is 27.2 Å². The first-order valence-electron chi connectivity index (χ1n) is 7.21. The van der Waals surface area contributed by atoms with Gasteiger partial charge in [0.1, 0.15) is 0 Å². The zero-order valence-corrected chi connectivity index (χ0v) is 13.3. The Hall–Kier alpha value is -1.79. The molecule has 122 valence electrons. The number of hydrogen-bond acceptors (Lipinski definition) is 3. The third kappa shape index (κ3) is 10.6. The second-order valence-corrected chi connectivity index (χ2v) is 6.01. The zero-order valence-electron chi connectivity index (χ0n) is 13.3. The summed E-state index contributed by atoms with van der Waals surface area (Å²) in [5.74, 6) is -1.64. The van der Waals surface area contributed by atoms with Crippen LogP contribution >= 0.6 is 0 Å². The van der Waals surface area contributed by atoms with Crippen molar-refractivity contribution >= 4 is 17.9 Å². The Kier molecular flexibility index (Phi) is 8.42. The fourth-order valence-corrected chi connectivity index (χ4v) is 1.71. The molecule has 0 saturated heterocycles. The molecule has 0 fully saturated rings. The summed E-state index contributed by atoms with van der Waals surface area (Å²) >= 11 is 0. The second kappa shape index (κ2) is 9.20. The van der Waals surface area contributed by atoms with Gasteiger partial charge >= 0.3 is 12.0 Å². The van der Waals surface area contributed by atoms with Crippen LogP contribution in [0.25, 0.3) is 0 Å². The van der Waals surface area contributed by atoms with Gasteiger partial charge in [-0.1, -0.05) is 13.3 Å². The Morgan fingerprint density at radius 3 is 2.24 bits per heavy atom. The van der Waals surface area contributed by atoms with Crippen LogP contribution in [0.5, 0.6) is 0 Å². The van der Waals surface area contributed by atoms with Crippen molar-refractivity contribution in [1.29, 1.82) is 0 Å². The number of carbonyl (C=O) groups is 3. The Morgan fingerprint density at radius 1 is 1.14 bits per heavy atom. The molecule has 0 aromatic rings. The van der Waals surface area contributed by atoms with E-state index in [1.54, 1.807) is 0 Å². The van der Waals surface area contributed by atoms with Gasteiger partial charge in [0.2, 0.25) is 5.91 Å². The fourth-order valence-electron chi connectivity index (χ4n) is 1.71. The molecule has 0 spiro atoms. The van der Waals surface area contributed by atoms with Gasteiger partial charge in [-0.25, -0.2) is 4.79 Å². The molecule has 21 heavy (non-hydrogen) atoms. The molecule has 0 aliphatic carbocycles. The SMILES string of the molecule is CCCC(CNC(=O)NCCC(=O)NC(C)(C)C)C(=O)O. The molecule has 0 aliphatic rings. The van der Waals surface area contributed by atoms with E-state index in [0.29, 0.717) is 6.42 Å². The van der Waals surface area contributed by atoms with Gasteiger partial charge in [0.15, 0.2) is 0 Å². The van der Waals surface area contributed by atoms with Crippen molar-refractivity contribution in [1.82, 2.24) is 16.0 Å². The molecule has 1 atom stereocenters. The topological polar surface area (TPSA) is 108 Å². The Labute approximate surface area is 125 Å². The summed E-state index contributed by atoms with van der Waals surface area (Å²) in [5, 5.41) is 16.8. The molecule has 7 heteroatoms. The average Bonchev–Trinajstić information content (AvgIpc) is 2.31. The normalized spacial score (nSPS) is 12.4. The van der Waals surface area contributed by atoms with Crippen LogP contribution in [0.1, 0.15) is 47.0 Å². The van der Waals surface area contributed by atoms with Crippen molar-refractivity contribution in [3.8, 4) is 0 Å². The van der Waals surface area contributed by atoms with Crippen molar-refractivity contribution < 1.29 is 19.5 Å². The van der Waals surface area contributed by atoms with Gasteiger partial charge in [-0.3, -0.25) is 9.59 Å². The first-order chi connectivity index (χ1) is 9.65. The first kappa shape index (κ1) is 19.2. The van der Waals surface area contributed by atoms with Crippen LogP contribution in [0, 0.1) is 5.92 Å². The highest BCUT2D eigenvalue weighted by atomic mass is 16.4. The molecule has 3 amide bonds. The van der Waals surface area contributed by atoms with Gasteiger partial charge in [0, 0.05) is 25.0 Å². The Morgan fingerprint density at radius 2 is 1.76 bits per heavy atom. The Balaban J connectivity index is 3.90. The third-order valence-corrected chi connectivity index (χ3v) is 2.65. The van der Waals surface area contributed by atoms with Crippen molar-refractivity contribution in [3.05, 3.63) is 0 Å². The van der Waals surface area contributed by atoms with Crippen LogP contribution in [0.3, 0.4) is 0 Å². The summed E-state index contributed by atoms with van der Waals surface area (Å²) in [5.41, 5.74) is -0.297. The number of amides is 3. The third-order valence-electron chi connectivity index (χ3n) is 2.65. The van der Waals surface area contributed by atoms with Gasteiger partial charge < -0.3 is 21.1 Å². The molecule has 0 rings (SSSR count). The second-order valence-electron chi connectivity index (χ2n) is 6.01. The first-order valence-corrected chi connectivity index (χ1v) is 7.21. The minimum absolute atomic E-state index is 0.0865. The van der Waals surface area contributed by atoms with E-state index in [4.69, 9.17) is 5.11 Å². The number of aliphatic carboxylic acids is 1. The highest BCUT2D eigenvalue weighted by molar-refractivity contribution is 5.79. The monoisotopic (exact) mass is 301 g/mol. The molecule has 0 saturated carbocycles. The van der Waals surface area contributed by atoms with Crippen molar-refractivity contribution in [2.75, 3.05) is 13.1 Å². The summed E-state index contributed by atoms with van der Waals surface area (Å²) in [6, 6.07) is -0.457. The molecule has 1 unspecified atom stereocenters. The molecule has 0 aromatic carbocycles. The van der Waals surface area contributed by atoms with Gasteiger partial charge in [-0.15, -0.1) is 0 Å². The smallest absolute Gasteiger partial charge is 0.314 e. The maximum Gasteiger partial charge on any atom is 0.314 e. The van der Waals surface area contributed by atoms with Crippen LogP contribution in [-0.2, 0) is 9.59 Å². The van der Waals surface area contributed by atoms with Crippen LogP contribution in [0.15, 0.2) is 0 Å². The fraction of sp³-hybridized carbons (Fsp3) is 0.786. The van der Waals surface area contributed by atoms with Crippen LogP contribution in [-0.4, -0.2) is 41.6 Å². The summed E-state index contributed by atoms with van der Waals surface area (Å²) in [6.45, 7) is 7.83. The largest absolute Gasteiger partial charge is 0.481 e. The number of nitrogens with one attached hydrogen (secondary N) is 3. The van der Waals surface area contributed by atoms with E-state index >= 15 is 0 Å². The quantitative estimate of drug-likeness (QED) is 0.538. The van der Waals surface area contributed by atoms with E-state index in [2.05, 4.69) is 16.0 Å². The molecule has 0 bridgehead atoms. The molecule has 0 aliphatic heterocycles. The van der Waals surface area contributed by atoms with Gasteiger partial charge in [-0.2, -0.15) is 0 Å².